The van der Waals surface area contributed by atoms with Crippen LogP contribution in [0.25, 0.3) is 11.1 Å². The molecule has 0 unspecified atom stereocenters. The number of aromatic nitrogens is 1. The van der Waals surface area contributed by atoms with Crippen molar-refractivity contribution in [3.8, 4) is 0 Å². The number of H-pyrrole nitrogens is 1. The number of aryl methyl sites for hydroxylation is 1. The van der Waals surface area contributed by atoms with Crippen molar-refractivity contribution in [1.82, 2.24) is 4.98 Å². The summed E-state index contributed by atoms with van der Waals surface area (Å²) in [6, 6.07) is 6.92. The number of aromatic amines is 1. The minimum absolute atomic E-state index is 0.162. The number of fused-ring (bicyclic) bond motifs is 1. The van der Waals surface area contributed by atoms with Crippen molar-refractivity contribution in [2.24, 2.45) is 0 Å². The number of nitrogens with one attached hydrogen (secondary N) is 2. The van der Waals surface area contributed by atoms with Gasteiger partial charge in [-0.15, -0.1) is 11.3 Å². The molecular formula is C13H10N2O3S. The molecule has 0 fully saturated rings. The number of benzene rings is 1. The number of carbonyl (C=O) groups excluding carboxylic acids is 1. The first kappa shape index (κ1) is 11.7. The number of carbonyl (C=O) groups is 1. The third-order valence-corrected chi connectivity index (χ3v) is 3.76. The van der Waals surface area contributed by atoms with Crippen LogP contribution in [0.15, 0.2) is 38.9 Å². The highest BCUT2D eigenvalue weighted by Gasteiger charge is 2.11. The van der Waals surface area contributed by atoms with Crippen molar-refractivity contribution in [2.45, 2.75) is 6.92 Å². The molecule has 0 saturated heterocycles. The molecule has 3 aromatic rings. The van der Waals surface area contributed by atoms with Crippen LogP contribution < -0.4 is 11.1 Å². The maximum absolute atomic E-state index is 12.0. The quantitative estimate of drug-likeness (QED) is 0.754. The van der Waals surface area contributed by atoms with Crippen LogP contribution in [0.4, 0.5) is 5.69 Å². The van der Waals surface area contributed by atoms with E-state index in [-0.39, 0.29) is 5.91 Å². The first-order valence-electron chi connectivity index (χ1n) is 5.62. The Labute approximate surface area is 111 Å². The molecule has 0 atom stereocenters. The van der Waals surface area contributed by atoms with E-state index < -0.39 is 5.76 Å². The standard InChI is InChI=1S/C13H10N2O3S/c1-7-4-5-19-11(7)12(16)14-8-2-3-9-10(6-8)18-13(17)15-9/h2-6H,1H3,(H,14,16)(H,15,17). The van der Waals surface area contributed by atoms with Crippen molar-refractivity contribution < 1.29 is 9.21 Å². The zero-order valence-corrected chi connectivity index (χ0v) is 10.8. The van der Waals surface area contributed by atoms with Gasteiger partial charge in [-0.05, 0) is 36.1 Å². The van der Waals surface area contributed by atoms with Gasteiger partial charge in [0.1, 0.15) is 0 Å². The number of oxazole rings is 1. The predicted molar refractivity (Wildman–Crippen MR) is 73.8 cm³/mol. The highest BCUT2D eigenvalue weighted by atomic mass is 32.1. The molecule has 3 rings (SSSR count). The van der Waals surface area contributed by atoms with Crippen molar-refractivity contribution in [3.63, 3.8) is 0 Å². The third kappa shape index (κ3) is 2.17. The molecule has 2 heterocycles. The van der Waals surface area contributed by atoms with Crippen LogP contribution in [0.1, 0.15) is 15.2 Å². The second kappa shape index (κ2) is 4.40. The predicted octanol–water partition coefficient (Wildman–Crippen LogP) is 2.74. The fourth-order valence-corrected chi connectivity index (χ4v) is 2.64. The van der Waals surface area contributed by atoms with Crippen LogP contribution in [-0.4, -0.2) is 10.9 Å². The minimum atomic E-state index is -0.507. The summed E-state index contributed by atoms with van der Waals surface area (Å²) in [5.74, 6) is -0.669. The molecule has 0 aliphatic rings. The SMILES string of the molecule is Cc1ccsc1C(=O)Nc1ccc2[nH]c(=O)oc2c1. The number of thiophene rings is 1. The van der Waals surface area contributed by atoms with Gasteiger partial charge in [0, 0.05) is 11.8 Å². The topological polar surface area (TPSA) is 75.1 Å². The molecule has 19 heavy (non-hydrogen) atoms. The molecule has 2 N–H and O–H groups in total. The molecule has 2 aromatic heterocycles. The van der Waals surface area contributed by atoms with E-state index >= 15 is 0 Å². The van der Waals surface area contributed by atoms with E-state index in [0.29, 0.717) is 21.7 Å². The Balaban J connectivity index is 1.91. The molecular weight excluding hydrogens is 264 g/mol. The largest absolute Gasteiger partial charge is 0.417 e. The highest BCUT2D eigenvalue weighted by Crippen LogP contribution is 2.20. The van der Waals surface area contributed by atoms with E-state index in [1.165, 1.54) is 11.3 Å². The average molecular weight is 274 g/mol. The lowest BCUT2D eigenvalue weighted by Gasteiger charge is -2.04. The van der Waals surface area contributed by atoms with Crippen LogP contribution in [0, 0.1) is 6.92 Å². The van der Waals surface area contributed by atoms with Gasteiger partial charge < -0.3 is 9.73 Å². The van der Waals surface area contributed by atoms with Gasteiger partial charge in [0.2, 0.25) is 0 Å². The van der Waals surface area contributed by atoms with Gasteiger partial charge in [-0.1, -0.05) is 0 Å². The van der Waals surface area contributed by atoms with Crippen LogP contribution in [0.5, 0.6) is 0 Å². The lowest BCUT2D eigenvalue weighted by Crippen LogP contribution is -2.11. The Morgan fingerprint density at radius 3 is 2.95 bits per heavy atom. The minimum Gasteiger partial charge on any atom is -0.408 e. The van der Waals surface area contributed by atoms with Crippen molar-refractivity contribution in [3.05, 3.63) is 50.6 Å². The van der Waals surface area contributed by atoms with Gasteiger partial charge in [-0.3, -0.25) is 9.78 Å². The van der Waals surface area contributed by atoms with Crippen molar-refractivity contribution in [1.29, 1.82) is 0 Å². The number of amides is 1. The molecule has 5 nitrogen and oxygen atoms in total. The summed E-state index contributed by atoms with van der Waals surface area (Å²) in [6.45, 7) is 1.89. The Morgan fingerprint density at radius 2 is 2.21 bits per heavy atom. The summed E-state index contributed by atoms with van der Waals surface area (Å²) in [5, 5.41) is 4.66. The monoisotopic (exact) mass is 274 g/mol. The first-order chi connectivity index (χ1) is 9.13. The van der Waals surface area contributed by atoms with E-state index in [2.05, 4.69) is 10.3 Å². The van der Waals surface area contributed by atoms with E-state index in [9.17, 15) is 9.59 Å². The van der Waals surface area contributed by atoms with E-state index in [4.69, 9.17) is 4.42 Å². The molecule has 0 radical (unpaired) electrons. The number of rotatable bonds is 2. The molecule has 0 aliphatic heterocycles. The molecule has 6 heteroatoms. The Kier molecular flexibility index (Phi) is 2.72. The summed E-state index contributed by atoms with van der Waals surface area (Å²) >= 11 is 1.39. The van der Waals surface area contributed by atoms with Crippen LogP contribution >= 0.6 is 11.3 Å². The second-order valence-corrected chi connectivity index (χ2v) is 5.03. The van der Waals surface area contributed by atoms with E-state index in [0.717, 1.165) is 5.56 Å². The number of anilines is 1. The number of hydrogen-bond acceptors (Lipinski definition) is 4. The summed E-state index contributed by atoms with van der Waals surface area (Å²) in [6.07, 6.45) is 0. The summed E-state index contributed by atoms with van der Waals surface area (Å²) in [7, 11) is 0. The fourth-order valence-electron chi connectivity index (χ4n) is 1.82. The Bertz CT molecular complexity index is 813. The van der Waals surface area contributed by atoms with Gasteiger partial charge in [-0.25, -0.2) is 4.79 Å². The average Bonchev–Trinajstić information content (AvgIpc) is 2.93. The smallest absolute Gasteiger partial charge is 0.408 e. The van der Waals surface area contributed by atoms with Crippen LogP contribution in [-0.2, 0) is 0 Å². The molecule has 0 aliphatic carbocycles. The van der Waals surface area contributed by atoms with Gasteiger partial charge in [0.25, 0.3) is 5.91 Å². The molecule has 0 saturated carbocycles. The molecule has 0 bridgehead atoms. The Morgan fingerprint density at radius 1 is 1.37 bits per heavy atom. The molecule has 0 spiro atoms. The highest BCUT2D eigenvalue weighted by molar-refractivity contribution is 7.12. The fraction of sp³-hybridized carbons (Fsp3) is 0.0769. The van der Waals surface area contributed by atoms with Crippen LogP contribution in [0.2, 0.25) is 0 Å². The molecule has 1 aromatic carbocycles. The molecule has 96 valence electrons. The maximum Gasteiger partial charge on any atom is 0.417 e. The van der Waals surface area contributed by atoms with Crippen LogP contribution in [0.3, 0.4) is 0 Å². The van der Waals surface area contributed by atoms with Gasteiger partial charge >= 0.3 is 5.76 Å². The van der Waals surface area contributed by atoms with E-state index in [1.54, 1.807) is 18.2 Å². The Hall–Kier alpha value is -2.34. The lowest BCUT2D eigenvalue weighted by atomic mass is 10.2. The lowest BCUT2D eigenvalue weighted by molar-refractivity contribution is 0.103. The van der Waals surface area contributed by atoms with Crippen molar-refractivity contribution >= 4 is 34.0 Å². The number of hydrogen-bond donors (Lipinski definition) is 2. The normalized spacial score (nSPS) is 10.8. The van der Waals surface area contributed by atoms with Gasteiger partial charge in [-0.2, -0.15) is 0 Å². The summed E-state index contributed by atoms with van der Waals surface area (Å²) in [5.41, 5.74) is 2.56. The van der Waals surface area contributed by atoms with Gasteiger partial charge in [0.15, 0.2) is 5.58 Å². The van der Waals surface area contributed by atoms with Gasteiger partial charge in [0.05, 0.1) is 10.4 Å². The molecule has 1 amide bonds. The summed E-state index contributed by atoms with van der Waals surface area (Å²) < 4.78 is 4.94. The van der Waals surface area contributed by atoms with E-state index in [1.807, 2.05) is 18.4 Å². The summed E-state index contributed by atoms with van der Waals surface area (Å²) in [4.78, 5) is 26.3. The second-order valence-electron chi connectivity index (χ2n) is 4.11. The maximum atomic E-state index is 12.0. The zero-order valence-electron chi connectivity index (χ0n) is 10.0. The van der Waals surface area contributed by atoms with Crippen molar-refractivity contribution in [2.75, 3.05) is 5.32 Å². The first-order valence-corrected chi connectivity index (χ1v) is 6.50. The zero-order chi connectivity index (χ0) is 13.4. The third-order valence-electron chi connectivity index (χ3n) is 2.75.